The molecule has 1 aliphatic carbocycles. The number of methoxy groups -OCH3 is 1. The van der Waals surface area contributed by atoms with Crippen molar-refractivity contribution in [3.8, 4) is 0 Å². The Bertz CT molecular complexity index is 424. The van der Waals surface area contributed by atoms with Gasteiger partial charge in [-0.25, -0.2) is 0 Å². The average Bonchev–Trinajstić information content (AvgIpc) is 2.80. The molecule has 1 saturated carbocycles. The Labute approximate surface area is 123 Å². The lowest BCUT2D eigenvalue weighted by Crippen LogP contribution is -2.46. The molecule has 0 aliphatic heterocycles. The van der Waals surface area contributed by atoms with Gasteiger partial charge in [0, 0.05) is 13.7 Å². The van der Waals surface area contributed by atoms with E-state index in [-0.39, 0.29) is 11.6 Å². The molecule has 0 aromatic carbocycles. The summed E-state index contributed by atoms with van der Waals surface area (Å²) in [6.45, 7) is 5.21. The van der Waals surface area contributed by atoms with E-state index in [0.717, 1.165) is 35.5 Å². The molecule has 0 bridgehead atoms. The molecule has 2 N–H and O–H groups in total. The van der Waals surface area contributed by atoms with Crippen molar-refractivity contribution in [2.24, 2.45) is 11.7 Å². The highest BCUT2D eigenvalue weighted by molar-refractivity contribution is 9.10. The lowest BCUT2D eigenvalue weighted by molar-refractivity contribution is -0.0690. The van der Waals surface area contributed by atoms with Crippen LogP contribution in [0.15, 0.2) is 10.7 Å². The summed E-state index contributed by atoms with van der Waals surface area (Å²) in [7, 11) is 1.79. The van der Waals surface area contributed by atoms with Gasteiger partial charge in [-0.1, -0.05) is 6.92 Å². The summed E-state index contributed by atoms with van der Waals surface area (Å²) in [5, 5.41) is 4.36. The van der Waals surface area contributed by atoms with E-state index in [2.05, 4.69) is 34.9 Å². The molecule has 0 amide bonds. The third kappa shape index (κ3) is 2.73. The number of nitrogens with zero attached hydrogens (tertiary/aromatic N) is 2. The van der Waals surface area contributed by atoms with E-state index >= 15 is 0 Å². The van der Waals surface area contributed by atoms with Gasteiger partial charge in [-0.05, 0) is 54.5 Å². The first-order chi connectivity index (χ1) is 9.04. The average molecular weight is 330 g/mol. The van der Waals surface area contributed by atoms with Crippen LogP contribution in [0.3, 0.4) is 0 Å². The van der Waals surface area contributed by atoms with Gasteiger partial charge in [-0.3, -0.25) is 4.68 Å². The molecule has 1 fully saturated rings. The molecular weight excluding hydrogens is 306 g/mol. The van der Waals surface area contributed by atoms with E-state index < -0.39 is 0 Å². The largest absolute Gasteiger partial charge is 0.376 e. The Hall–Kier alpha value is -0.390. The molecule has 1 aliphatic rings. The molecule has 0 spiro atoms. The standard InChI is InChI=1S/C14H24BrN3O/c1-4-18-12(11(15)9-17-18)13(16)14(19-3)7-5-10(2)6-8-14/h9-10,13H,4-8,16H2,1-3H3. The van der Waals surface area contributed by atoms with Gasteiger partial charge in [-0.2, -0.15) is 5.10 Å². The van der Waals surface area contributed by atoms with Gasteiger partial charge < -0.3 is 10.5 Å². The first-order valence-electron chi connectivity index (χ1n) is 7.06. The molecule has 108 valence electrons. The van der Waals surface area contributed by atoms with Gasteiger partial charge in [0.25, 0.3) is 0 Å². The zero-order valence-electron chi connectivity index (χ0n) is 12.0. The van der Waals surface area contributed by atoms with Crippen molar-refractivity contribution in [3.63, 3.8) is 0 Å². The van der Waals surface area contributed by atoms with Crippen LogP contribution in [0.4, 0.5) is 0 Å². The molecule has 1 unspecified atom stereocenters. The Morgan fingerprint density at radius 2 is 2.21 bits per heavy atom. The van der Waals surface area contributed by atoms with Crippen molar-refractivity contribution in [1.29, 1.82) is 0 Å². The summed E-state index contributed by atoms with van der Waals surface area (Å²) in [6, 6.07) is -0.137. The molecule has 1 heterocycles. The minimum Gasteiger partial charge on any atom is -0.376 e. The van der Waals surface area contributed by atoms with Crippen molar-refractivity contribution in [1.82, 2.24) is 9.78 Å². The number of aromatic nitrogens is 2. The maximum absolute atomic E-state index is 6.57. The minimum absolute atomic E-state index is 0.137. The van der Waals surface area contributed by atoms with Crippen LogP contribution in [0.2, 0.25) is 0 Å². The molecule has 1 aromatic heterocycles. The number of halogens is 1. The van der Waals surface area contributed by atoms with Crippen LogP contribution in [-0.2, 0) is 11.3 Å². The molecule has 0 saturated heterocycles. The van der Waals surface area contributed by atoms with Crippen LogP contribution < -0.4 is 5.73 Å². The SMILES string of the molecule is CCn1ncc(Br)c1C(N)C1(OC)CCC(C)CC1. The molecular formula is C14H24BrN3O. The Morgan fingerprint density at radius 3 is 2.74 bits per heavy atom. The van der Waals surface area contributed by atoms with Crippen molar-refractivity contribution >= 4 is 15.9 Å². The fraction of sp³-hybridized carbons (Fsp3) is 0.786. The van der Waals surface area contributed by atoms with Crippen LogP contribution in [0.5, 0.6) is 0 Å². The van der Waals surface area contributed by atoms with Crippen LogP contribution >= 0.6 is 15.9 Å². The van der Waals surface area contributed by atoms with Gasteiger partial charge in [0.05, 0.1) is 28.0 Å². The number of hydrogen-bond donors (Lipinski definition) is 1. The lowest BCUT2D eigenvalue weighted by Gasteiger charge is -2.42. The van der Waals surface area contributed by atoms with Gasteiger partial charge in [0.15, 0.2) is 0 Å². The van der Waals surface area contributed by atoms with Crippen LogP contribution in [-0.4, -0.2) is 22.5 Å². The van der Waals surface area contributed by atoms with Gasteiger partial charge in [0.1, 0.15) is 0 Å². The van der Waals surface area contributed by atoms with Crippen molar-refractivity contribution in [3.05, 3.63) is 16.4 Å². The summed E-state index contributed by atoms with van der Waals surface area (Å²) in [5.41, 5.74) is 7.37. The quantitative estimate of drug-likeness (QED) is 0.922. The van der Waals surface area contributed by atoms with Crippen LogP contribution in [0.1, 0.15) is 51.3 Å². The van der Waals surface area contributed by atoms with Gasteiger partial charge in [0.2, 0.25) is 0 Å². The van der Waals surface area contributed by atoms with Crippen LogP contribution in [0.25, 0.3) is 0 Å². The number of rotatable bonds is 4. The van der Waals surface area contributed by atoms with Crippen LogP contribution in [0, 0.1) is 5.92 Å². The number of aryl methyl sites for hydroxylation is 1. The summed E-state index contributed by atoms with van der Waals surface area (Å²) in [5.74, 6) is 0.773. The van der Waals surface area contributed by atoms with E-state index in [0.29, 0.717) is 0 Å². The van der Waals surface area contributed by atoms with E-state index in [1.807, 2.05) is 10.9 Å². The van der Waals surface area contributed by atoms with E-state index in [9.17, 15) is 0 Å². The zero-order chi connectivity index (χ0) is 14.0. The second-order valence-electron chi connectivity index (χ2n) is 5.62. The molecule has 2 rings (SSSR count). The topological polar surface area (TPSA) is 53.1 Å². The Kier molecular flexibility index (Phi) is 4.69. The smallest absolute Gasteiger partial charge is 0.0886 e. The maximum Gasteiger partial charge on any atom is 0.0886 e. The fourth-order valence-electron chi connectivity index (χ4n) is 3.08. The van der Waals surface area contributed by atoms with Crippen molar-refractivity contribution in [2.45, 2.75) is 57.7 Å². The highest BCUT2D eigenvalue weighted by Crippen LogP contribution is 2.43. The van der Waals surface area contributed by atoms with Gasteiger partial charge >= 0.3 is 0 Å². The van der Waals surface area contributed by atoms with Gasteiger partial charge in [-0.15, -0.1) is 0 Å². The maximum atomic E-state index is 6.57. The highest BCUT2D eigenvalue weighted by Gasteiger charge is 2.42. The predicted octanol–water partition coefficient (Wildman–Crippen LogP) is 3.26. The summed E-state index contributed by atoms with van der Waals surface area (Å²) < 4.78 is 8.83. The summed E-state index contributed by atoms with van der Waals surface area (Å²) in [4.78, 5) is 0. The normalized spacial score (nSPS) is 29.4. The molecule has 1 aromatic rings. The Morgan fingerprint density at radius 1 is 1.58 bits per heavy atom. The summed E-state index contributed by atoms with van der Waals surface area (Å²) >= 11 is 3.57. The second-order valence-corrected chi connectivity index (χ2v) is 6.48. The Balaban J connectivity index is 2.30. The van der Waals surface area contributed by atoms with Crippen molar-refractivity contribution < 1.29 is 4.74 Å². The number of nitrogens with two attached hydrogens (primary N) is 1. The second kappa shape index (κ2) is 5.94. The number of hydrogen-bond acceptors (Lipinski definition) is 3. The molecule has 19 heavy (non-hydrogen) atoms. The predicted molar refractivity (Wildman–Crippen MR) is 79.9 cm³/mol. The minimum atomic E-state index is -0.248. The highest BCUT2D eigenvalue weighted by atomic mass is 79.9. The van der Waals surface area contributed by atoms with E-state index in [1.54, 1.807) is 7.11 Å². The fourth-order valence-corrected chi connectivity index (χ4v) is 3.62. The lowest BCUT2D eigenvalue weighted by atomic mass is 9.74. The van der Waals surface area contributed by atoms with Crippen molar-refractivity contribution in [2.75, 3.05) is 7.11 Å². The molecule has 0 radical (unpaired) electrons. The third-order valence-electron chi connectivity index (χ3n) is 4.52. The van der Waals surface area contributed by atoms with E-state index in [4.69, 9.17) is 10.5 Å². The molecule has 1 atom stereocenters. The molecule has 4 nitrogen and oxygen atoms in total. The first-order valence-corrected chi connectivity index (χ1v) is 7.85. The molecule has 5 heteroatoms. The first kappa shape index (κ1) is 15.0. The van der Waals surface area contributed by atoms with E-state index in [1.165, 1.54) is 12.8 Å². The number of ether oxygens (including phenoxy) is 1. The third-order valence-corrected chi connectivity index (χ3v) is 5.13. The monoisotopic (exact) mass is 329 g/mol. The zero-order valence-corrected chi connectivity index (χ0v) is 13.6. The summed E-state index contributed by atoms with van der Waals surface area (Å²) in [6.07, 6.45) is 6.23.